The molecule has 0 bridgehead atoms. The van der Waals surface area contributed by atoms with Gasteiger partial charge in [0.1, 0.15) is 11.5 Å². The van der Waals surface area contributed by atoms with Gasteiger partial charge in [-0.05, 0) is 48.7 Å². The van der Waals surface area contributed by atoms with E-state index in [1.807, 2.05) is 4.90 Å². The van der Waals surface area contributed by atoms with E-state index in [9.17, 15) is 37.0 Å². The summed E-state index contributed by atoms with van der Waals surface area (Å²) >= 11 is 0. The third-order valence-electron chi connectivity index (χ3n) is 6.55. The highest BCUT2D eigenvalue weighted by atomic mass is 32.3. The first-order valence-corrected chi connectivity index (χ1v) is 13.8. The number of carbonyl (C=O) groups excluding carboxylic acids is 2. The molecule has 0 saturated carbocycles. The van der Waals surface area contributed by atoms with Crippen molar-refractivity contribution in [2.24, 2.45) is 0 Å². The highest BCUT2D eigenvalue weighted by Crippen LogP contribution is 2.53. The van der Waals surface area contributed by atoms with Crippen molar-refractivity contribution in [1.29, 1.82) is 0 Å². The lowest BCUT2D eigenvalue weighted by molar-refractivity contribution is -0.274. The number of amides is 2. The van der Waals surface area contributed by atoms with Crippen molar-refractivity contribution in [3.8, 4) is 5.75 Å². The molecule has 0 aromatic heterocycles. The zero-order chi connectivity index (χ0) is 27.7. The number of aliphatic hydroxyl groups is 1. The molecular formula is C25H30F3N3O6S. The van der Waals surface area contributed by atoms with Crippen LogP contribution < -0.4 is 10.1 Å². The van der Waals surface area contributed by atoms with Gasteiger partial charge in [0.15, 0.2) is 0 Å². The number of carbonyl (C=O) groups is 2. The lowest BCUT2D eigenvalue weighted by atomic mass is 10.0. The number of hydrogen-bond acceptors (Lipinski definition) is 7. The van der Waals surface area contributed by atoms with Crippen molar-refractivity contribution < 1.29 is 41.7 Å². The van der Waals surface area contributed by atoms with Gasteiger partial charge in [0.25, 0.3) is 0 Å². The summed E-state index contributed by atoms with van der Waals surface area (Å²) in [7, 11) is -3.27. The molecule has 2 aliphatic heterocycles. The molecule has 208 valence electrons. The first kappa shape index (κ1) is 28.2. The highest BCUT2D eigenvalue weighted by Gasteiger charge is 2.34. The van der Waals surface area contributed by atoms with Crippen LogP contribution in [0.5, 0.6) is 5.75 Å². The Morgan fingerprint density at radius 1 is 1.26 bits per heavy atom. The van der Waals surface area contributed by atoms with Crippen LogP contribution in [0.4, 0.5) is 18.9 Å². The van der Waals surface area contributed by atoms with E-state index in [-0.39, 0.29) is 29.5 Å². The van der Waals surface area contributed by atoms with Crippen LogP contribution in [0.15, 0.2) is 47.4 Å². The average Bonchev–Trinajstić information content (AvgIpc) is 3.21. The van der Waals surface area contributed by atoms with Crippen molar-refractivity contribution in [3.63, 3.8) is 0 Å². The molecule has 9 nitrogen and oxygen atoms in total. The van der Waals surface area contributed by atoms with Crippen molar-refractivity contribution in [2.75, 3.05) is 37.2 Å². The second kappa shape index (κ2) is 11.1. The summed E-state index contributed by atoms with van der Waals surface area (Å²) in [6, 6.07) is 9.48. The number of likely N-dealkylation sites (tertiary alicyclic amines) is 1. The van der Waals surface area contributed by atoms with Crippen molar-refractivity contribution >= 4 is 28.1 Å². The Labute approximate surface area is 219 Å². The van der Waals surface area contributed by atoms with Gasteiger partial charge in [-0.3, -0.25) is 23.6 Å². The minimum Gasteiger partial charge on any atom is -0.406 e. The number of ether oxygens (including phenoxy) is 1. The molecule has 4 N–H and O–H groups in total. The molecule has 2 amide bonds. The molecule has 1 saturated heterocycles. The number of nitrogens with one attached hydrogen (secondary N) is 1. The smallest absolute Gasteiger partial charge is 0.406 e. The minimum absolute atomic E-state index is 0.0892. The topological polar surface area (TPSA) is 123 Å². The Balaban J connectivity index is 1.60. The lowest BCUT2D eigenvalue weighted by Crippen LogP contribution is -2.42. The summed E-state index contributed by atoms with van der Waals surface area (Å²) in [6.07, 6.45) is -4.91. The SMILES string of the molecule is CCN(C(=O)Cc1ccc2c(c1)NC(=O)CS2(O)O)[C@H](CN1CCC(O)C1)c1cccc(OC(F)(F)F)c1. The summed E-state index contributed by atoms with van der Waals surface area (Å²) in [4.78, 5) is 29.1. The fourth-order valence-corrected chi connectivity index (χ4v) is 6.23. The zero-order valence-electron chi connectivity index (χ0n) is 20.6. The lowest BCUT2D eigenvalue weighted by Gasteiger charge is -2.37. The van der Waals surface area contributed by atoms with E-state index in [0.29, 0.717) is 37.2 Å². The van der Waals surface area contributed by atoms with E-state index in [1.54, 1.807) is 24.0 Å². The molecule has 2 atom stereocenters. The summed E-state index contributed by atoms with van der Waals surface area (Å²) in [5.41, 5.74) is 1.21. The van der Waals surface area contributed by atoms with Crippen molar-refractivity contribution in [1.82, 2.24) is 9.80 Å². The third kappa shape index (κ3) is 6.77. The van der Waals surface area contributed by atoms with E-state index in [4.69, 9.17) is 0 Å². The zero-order valence-corrected chi connectivity index (χ0v) is 21.5. The van der Waals surface area contributed by atoms with Gasteiger partial charge in [-0.1, -0.05) is 18.2 Å². The van der Waals surface area contributed by atoms with Crippen LogP contribution in [0.2, 0.25) is 0 Å². The quantitative estimate of drug-likeness (QED) is 0.389. The van der Waals surface area contributed by atoms with Crippen LogP contribution in [-0.4, -0.2) is 80.2 Å². The number of likely N-dealkylation sites (N-methyl/N-ethyl adjacent to an activating group) is 1. The van der Waals surface area contributed by atoms with Gasteiger partial charge in [-0.25, -0.2) is 0 Å². The van der Waals surface area contributed by atoms with Crippen LogP contribution >= 0.6 is 10.6 Å². The number of hydrogen-bond donors (Lipinski definition) is 4. The van der Waals surface area contributed by atoms with Gasteiger partial charge in [-0.15, -0.1) is 13.2 Å². The molecule has 4 rings (SSSR count). The molecule has 1 fully saturated rings. The van der Waals surface area contributed by atoms with Gasteiger partial charge in [0.2, 0.25) is 11.8 Å². The summed E-state index contributed by atoms with van der Waals surface area (Å²) < 4.78 is 63.1. The number of rotatable bonds is 8. The number of halogens is 3. The summed E-state index contributed by atoms with van der Waals surface area (Å²) in [5, 5.41) is 12.6. The number of benzene rings is 2. The van der Waals surface area contributed by atoms with E-state index in [2.05, 4.69) is 10.1 Å². The second-order valence-corrected chi connectivity index (χ2v) is 11.4. The molecule has 2 heterocycles. The number of alkyl halides is 3. The molecule has 2 aliphatic rings. The van der Waals surface area contributed by atoms with Gasteiger partial charge in [0.05, 0.1) is 29.1 Å². The average molecular weight is 558 g/mol. The van der Waals surface area contributed by atoms with Crippen LogP contribution in [0.3, 0.4) is 0 Å². The molecular weight excluding hydrogens is 527 g/mol. The maximum atomic E-state index is 13.5. The third-order valence-corrected chi connectivity index (χ3v) is 8.28. The first-order chi connectivity index (χ1) is 17.8. The number of anilines is 1. The summed E-state index contributed by atoms with van der Waals surface area (Å²) in [6.45, 7) is 3.29. The number of nitrogens with zero attached hydrogens (tertiary/aromatic N) is 2. The minimum atomic E-state index is -4.86. The Kier molecular flexibility index (Phi) is 8.23. The Bertz CT molecular complexity index is 1200. The number of β-amino-alcohol motifs (C(OH)–C–C–N with tert-alkyl or cyclic N) is 1. The molecule has 0 spiro atoms. The molecule has 38 heavy (non-hydrogen) atoms. The second-order valence-electron chi connectivity index (χ2n) is 9.38. The van der Waals surface area contributed by atoms with Crippen molar-refractivity contribution in [2.45, 2.75) is 43.2 Å². The fraction of sp³-hybridized carbons (Fsp3) is 0.440. The fourth-order valence-electron chi connectivity index (χ4n) is 4.89. The standard InChI is InChI=1S/C25H30F3N3O6S/c1-2-31(24(34)11-16-6-7-22-20(10-16)29-23(33)15-38(22,35)36)21(14-30-9-8-18(32)13-30)17-4-3-5-19(12-17)37-25(26,27)28/h3-7,10,12,18,21,32,35-36H,2,8-9,11,13-15H2,1H3,(H,29,33)/t18?,21-/m1/s1. The largest absolute Gasteiger partial charge is 0.573 e. The van der Waals surface area contributed by atoms with Gasteiger partial charge in [-0.2, -0.15) is 10.6 Å². The van der Waals surface area contributed by atoms with E-state index in [1.165, 1.54) is 30.3 Å². The highest BCUT2D eigenvalue weighted by molar-refractivity contribution is 8.25. The molecule has 2 aromatic rings. The maximum absolute atomic E-state index is 13.5. The van der Waals surface area contributed by atoms with Gasteiger partial charge >= 0.3 is 6.36 Å². The van der Waals surface area contributed by atoms with Crippen LogP contribution in [0, 0.1) is 0 Å². The van der Waals surface area contributed by atoms with Crippen molar-refractivity contribution in [3.05, 3.63) is 53.6 Å². The maximum Gasteiger partial charge on any atom is 0.573 e. The van der Waals surface area contributed by atoms with Crippen LogP contribution in [0.25, 0.3) is 0 Å². The van der Waals surface area contributed by atoms with Crippen LogP contribution in [0.1, 0.15) is 30.5 Å². The molecule has 2 aromatic carbocycles. The van der Waals surface area contributed by atoms with E-state index >= 15 is 0 Å². The predicted molar refractivity (Wildman–Crippen MR) is 135 cm³/mol. The summed E-state index contributed by atoms with van der Waals surface area (Å²) in [5.74, 6) is -1.67. The molecule has 0 aliphatic carbocycles. The molecule has 13 heteroatoms. The van der Waals surface area contributed by atoms with E-state index in [0.717, 1.165) is 0 Å². The predicted octanol–water partition coefficient (Wildman–Crippen LogP) is 3.85. The molecule has 1 unspecified atom stereocenters. The molecule has 0 radical (unpaired) electrons. The monoisotopic (exact) mass is 557 g/mol. The number of fused-ring (bicyclic) bond motifs is 1. The normalized spacial score (nSPS) is 20.8. The Morgan fingerprint density at radius 3 is 2.68 bits per heavy atom. The van der Waals surface area contributed by atoms with Crippen LogP contribution in [-0.2, 0) is 16.0 Å². The Hall–Kier alpha value is -2.84. The first-order valence-electron chi connectivity index (χ1n) is 12.1. The van der Waals surface area contributed by atoms with Gasteiger partial charge in [0, 0.05) is 26.2 Å². The van der Waals surface area contributed by atoms with Gasteiger partial charge < -0.3 is 20.1 Å². The number of aliphatic hydroxyl groups excluding tert-OH is 1. The van der Waals surface area contributed by atoms with E-state index < -0.39 is 46.5 Å². The Morgan fingerprint density at radius 2 is 2.03 bits per heavy atom.